The summed E-state index contributed by atoms with van der Waals surface area (Å²) in [6.45, 7) is 4.72. The van der Waals surface area contributed by atoms with E-state index in [1.807, 2.05) is 25.4 Å². The number of imidazole rings is 1. The maximum absolute atomic E-state index is 6.44. The molecule has 2 heterocycles. The summed E-state index contributed by atoms with van der Waals surface area (Å²) in [6, 6.07) is 6.39. The minimum atomic E-state index is 0.152. The van der Waals surface area contributed by atoms with Crippen molar-refractivity contribution in [1.82, 2.24) is 9.55 Å². The number of hydrogen-bond acceptors (Lipinski definition) is 3. The number of rotatable bonds is 3. The zero-order chi connectivity index (χ0) is 14.1. The van der Waals surface area contributed by atoms with Crippen LogP contribution in [0.1, 0.15) is 18.3 Å². The lowest BCUT2D eigenvalue weighted by Crippen LogP contribution is -2.33. The van der Waals surface area contributed by atoms with Crippen molar-refractivity contribution in [2.75, 3.05) is 11.4 Å². The molecule has 0 saturated heterocycles. The molecule has 0 aliphatic carbocycles. The first-order valence-corrected chi connectivity index (χ1v) is 7.30. The van der Waals surface area contributed by atoms with Gasteiger partial charge < -0.3 is 15.2 Å². The molecule has 1 aromatic carbocycles. The van der Waals surface area contributed by atoms with E-state index in [9.17, 15) is 0 Å². The van der Waals surface area contributed by atoms with E-state index in [2.05, 4.69) is 26.6 Å². The molecule has 0 radical (unpaired) electrons. The van der Waals surface area contributed by atoms with E-state index in [1.54, 1.807) is 0 Å². The first kappa shape index (κ1) is 13.5. The lowest BCUT2D eigenvalue weighted by atomic mass is 10.1. The second kappa shape index (κ2) is 5.46. The minimum absolute atomic E-state index is 0.152. The summed E-state index contributed by atoms with van der Waals surface area (Å²) >= 11 is 6.44. The smallest absolute Gasteiger partial charge is 0.128 e. The van der Waals surface area contributed by atoms with Crippen LogP contribution in [0.3, 0.4) is 0 Å². The zero-order valence-corrected chi connectivity index (χ0v) is 12.3. The predicted octanol–water partition coefficient (Wildman–Crippen LogP) is 2.45. The Kier molecular flexibility index (Phi) is 3.68. The first-order chi connectivity index (χ1) is 9.63. The summed E-state index contributed by atoms with van der Waals surface area (Å²) in [7, 11) is 0. The van der Waals surface area contributed by atoms with Crippen LogP contribution in [0, 0.1) is 0 Å². The van der Waals surface area contributed by atoms with Gasteiger partial charge in [-0.2, -0.15) is 0 Å². The summed E-state index contributed by atoms with van der Waals surface area (Å²) in [6.07, 6.45) is 4.73. The maximum Gasteiger partial charge on any atom is 0.128 e. The fourth-order valence-electron chi connectivity index (χ4n) is 2.68. The molecule has 0 amide bonds. The Balaban J connectivity index is 1.81. The van der Waals surface area contributed by atoms with E-state index < -0.39 is 0 Å². The quantitative estimate of drug-likeness (QED) is 0.944. The first-order valence-electron chi connectivity index (χ1n) is 6.92. The molecule has 0 bridgehead atoms. The van der Waals surface area contributed by atoms with Crippen LogP contribution in [0.25, 0.3) is 0 Å². The number of nitrogens with two attached hydrogens (primary N) is 1. The zero-order valence-electron chi connectivity index (χ0n) is 11.6. The van der Waals surface area contributed by atoms with Crippen LogP contribution in [-0.2, 0) is 19.5 Å². The number of hydrogen-bond donors (Lipinski definition) is 1. The van der Waals surface area contributed by atoms with Crippen LogP contribution in [0.5, 0.6) is 0 Å². The SMILES string of the molecule is CC(N)Cc1ccc(N2CCn3ccnc3C2)c(Cl)c1. The number of halogens is 1. The Hall–Kier alpha value is -1.52. The minimum Gasteiger partial charge on any atom is -0.361 e. The van der Waals surface area contributed by atoms with Gasteiger partial charge >= 0.3 is 0 Å². The number of benzene rings is 1. The van der Waals surface area contributed by atoms with Crippen LogP contribution in [0.2, 0.25) is 5.02 Å². The molecular formula is C15H19ClN4. The molecule has 5 heteroatoms. The van der Waals surface area contributed by atoms with Gasteiger partial charge in [0.2, 0.25) is 0 Å². The predicted molar refractivity (Wildman–Crippen MR) is 82.1 cm³/mol. The normalized spacial score (nSPS) is 16.1. The molecule has 3 rings (SSSR count). The highest BCUT2D eigenvalue weighted by molar-refractivity contribution is 6.33. The molecule has 0 spiro atoms. The summed E-state index contributed by atoms with van der Waals surface area (Å²) in [5.41, 5.74) is 8.10. The molecule has 1 aliphatic heterocycles. The van der Waals surface area contributed by atoms with Crippen molar-refractivity contribution in [1.29, 1.82) is 0 Å². The molecular weight excluding hydrogens is 272 g/mol. The summed E-state index contributed by atoms with van der Waals surface area (Å²) in [5, 5.41) is 0.795. The van der Waals surface area contributed by atoms with Crippen molar-refractivity contribution in [3.8, 4) is 0 Å². The van der Waals surface area contributed by atoms with Gasteiger partial charge in [-0.25, -0.2) is 4.98 Å². The Bertz CT molecular complexity index is 606. The number of nitrogens with zero attached hydrogens (tertiary/aromatic N) is 3. The summed E-state index contributed by atoms with van der Waals surface area (Å²) in [4.78, 5) is 6.66. The van der Waals surface area contributed by atoms with Crippen LogP contribution in [-0.4, -0.2) is 22.1 Å². The Labute approximate surface area is 124 Å². The molecule has 4 nitrogen and oxygen atoms in total. The van der Waals surface area contributed by atoms with Gasteiger partial charge in [-0.05, 0) is 31.0 Å². The van der Waals surface area contributed by atoms with E-state index in [4.69, 9.17) is 17.3 Å². The highest BCUT2D eigenvalue weighted by Crippen LogP contribution is 2.29. The molecule has 106 valence electrons. The largest absolute Gasteiger partial charge is 0.361 e. The lowest BCUT2D eigenvalue weighted by Gasteiger charge is -2.30. The molecule has 20 heavy (non-hydrogen) atoms. The Morgan fingerprint density at radius 2 is 2.25 bits per heavy atom. The molecule has 0 fully saturated rings. The molecule has 2 N–H and O–H groups in total. The van der Waals surface area contributed by atoms with Crippen molar-refractivity contribution < 1.29 is 0 Å². The van der Waals surface area contributed by atoms with Crippen molar-refractivity contribution in [2.24, 2.45) is 5.73 Å². The lowest BCUT2D eigenvalue weighted by molar-refractivity contribution is 0.560. The van der Waals surface area contributed by atoms with E-state index >= 15 is 0 Å². The van der Waals surface area contributed by atoms with Gasteiger partial charge in [-0.3, -0.25) is 0 Å². The van der Waals surface area contributed by atoms with Gasteiger partial charge in [0.25, 0.3) is 0 Å². The summed E-state index contributed by atoms with van der Waals surface area (Å²) < 4.78 is 2.19. The number of fused-ring (bicyclic) bond motifs is 1. The fourth-order valence-corrected chi connectivity index (χ4v) is 3.01. The molecule has 1 aliphatic rings. The van der Waals surface area contributed by atoms with Crippen LogP contribution in [0.15, 0.2) is 30.6 Å². The van der Waals surface area contributed by atoms with Gasteiger partial charge in [0, 0.05) is 31.5 Å². The van der Waals surface area contributed by atoms with E-state index in [-0.39, 0.29) is 6.04 Å². The standard InChI is InChI=1S/C15H19ClN4/c1-11(17)8-12-2-3-14(13(16)9-12)20-7-6-19-5-4-18-15(19)10-20/h2-5,9,11H,6-8,10,17H2,1H3. The molecule has 1 unspecified atom stereocenters. The third-order valence-electron chi connectivity index (χ3n) is 3.66. The van der Waals surface area contributed by atoms with Gasteiger partial charge in [0.1, 0.15) is 5.82 Å². The third kappa shape index (κ3) is 2.67. The number of anilines is 1. The number of aromatic nitrogens is 2. The van der Waals surface area contributed by atoms with Gasteiger partial charge in [-0.1, -0.05) is 17.7 Å². The van der Waals surface area contributed by atoms with Gasteiger partial charge in [-0.15, -0.1) is 0 Å². The van der Waals surface area contributed by atoms with Gasteiger partial charge in [0.15, 0.2) is 0 Å². The van der Waals surface area contributed by atoms with Crippen molar-refractivity contribution in [3.05, 3.63) is 47.0 Å². The van der Waals surface area contributed by atoms with Crippen molar-refractivity contribution in [2.45, 2.75) is 32.5 Å². The highest BCUT2D eigenvalue weighted by atomic mass is 35.5. The maximum atomic E-state index is 6.44. The fraction of sp³-hybridized carbons (Fsp3) is 0.400. The molecule has 1 aromatic heterocycles. The van der Waals surface area contributed by atoms with Crippen molar-refractivity contribution >= 4 is 17.3 Å². The second-order valence-electron chi connectivity index (χ2n) is 5.43. The Morgan fingerprint density at radius 1 is 1.40 bits per heavy atom. The average Bonchev–Trinajstić information content (AvgIpc) is 2.85. The summed E-state index contributed by atoms with van der Waals surface area (Å²) in [5.74, 6) is 1.09. The topological polar surface area (TPSA) is 47.1 Å². The molecule has 1 atom stereocenters. The molecule has 0 saturated carbocycles. The van der Waals surface area contributed by atoms with E-state index in [0.29, 0.717) is 0 Å². The van der Waals surface area contributed by atoms with Crippen LogP contribution in [0.4, 0.5) is 5.69 Å². The monoisotopic (exact) mass is 290 g/mol. The van der Waals surface area contributed by atoms with E-state index in [0.717, 1.165) is 42.6 Å². The second-order valence-corrected chi connectivity index (χ2v) is 5.83. The van der Waals surface area contributed by atoms with Crippen molar-refractivity contribution in [3.63, 3.8) is 0 Å². The third-order valence-corrected chi connectivity index (χ3v) is 3.96. The van der Waals surface area contributed by atoms with Crippen LogP contribution >= 0.6 is 11.6 Å². The highest BCUT2D eigenvalue weighted by Gasteiger charge is 2.18. The Morgan fingerprint density at radius 3 is 3.00 bits per heavy atom. The van der Waals surface area contributed by atoms with E-state index in [1.165, 1.54) is 5.56 Å². The molecule has 2 aromatic rings. The average molecular weight is 291 g/mol. The van der Waals surface area contributed by atoms with Crippen LogP contribution < -0.4 is 10.6 Å². The van der Waals surface area contributed by atoms with Gasteiger partial charge in [0.05, 0.1) is 17.3 Å².